The molecule has 0 saturated carbocycles. The number of carbonyl (C=O) groups is 1. The molecule has 1 aliphatic heterocycles. The molecule has 0 unspecified atom stereocenters. The number of ether oxygens (including phenoxy) is 3. The van der Waals surface area contributed by atoms with Crippen molar-refractivity contribution in [3.8, 4) is 17.2 Å². The van der Waals surface area contributed by atoms with Crippen LogP contribution in [0.4, 0.5) is 0 Å². The molecule has 1 aliphatic rings. The van der Waals surface area contributed by atoms with Gasteiger partial charge in [0.1, 0.15) is 17.3 Å². The molecule has 2 heterocycles. The van der Waals surface area contributed by atoms with Crippen LogP contribution in [0.25, 0.3) is 11.1 Å². The van der Waals surface area contributed by atoms with Gasteiger partial charge in [-0.1, -0.05) is 6.07 Å². The van der Waals surface area contributed by atoms with Gasteiger partial charge >= 0.3 is 0 Å². The minimum Gasteiger partial charge on any atom is -0.497 e. The molecular weight excluding hydrogens is 362 g/mol. The van der Waals surface area contributed by atoms with E-state index in [4.69, 9.17) is 18.6 Å². The topological polar surface area (TPSA) is 86.1 Å². The Balaban J connectivity index is 1.49. The number of methoxy groups -OCH3 is 1. The van der Waals surface area contributed by atoms with E-state index in [1.165, 1.54) is 0 Å². The first-order chi connectivity index (χ1) is 13.5. The summed E-state index contributed by atoms with van der Waals surface area (Å²) >= 11 is 0. The lowest BCUT2D eigenvalue weighted by atomic mass is 10.0. The second kappa shape index (κ2) is 7.40. The van der Waals surface area contributed by atoms with Crippen LogP contribution in [0.5, 0.6) is 17.2 Å². The monoisotopic (exact) mass is 383 g/mol. The first-order valence-electron chi connectivity index (χ1n) is 8.82. The maximum Gasteiger partial charge on any atom is 0.242 e. The van der Waals surface area contributed by atoms with Gasteiger partial charge in [0.15, 0.2) is 17.1 Å². The van der Waals surface area contributed by atoms with Gasteiger partial charge in [0.25, 0.3) is 0 Å². The standard InChI is InChI=1S/C20H21N3O5/c1-23(2)19(12-4-6-16-17(8-12)27-11-26-16)20(24)21-10-18-22-14-9-13(25-3)5-7-15(14)28-18/h4-9,19H,10-11H2,1-3H3,(H,21,24)/t19-/m0/s1. The number of hydrogen-bond acceptors (Lipinski definition) is 7. The number of likely N-dealkylation sites (N-methyl/N-ethyl adjacent to an activating group) is 1. The van der Waals surface area contributed by atoms with E-state index < -0.39 is 6.04 Å². The Morgan fingerprint density at radius 2 is 2.04 bits per heavy atom. The molecule has 0 spiro atoms. The van der Waals surface area contributed by atoms with E-state index in [1.54, 1.807) is 25.3 Å². The van der Waals surface area contributed by atoms with Gasteiger partial charge in [-0.3, -0.25) is 9.69 Å². The predicted octanol–water partition coefficient (Wildman–Crippen LogP) is 2.48. The molecule has 1 amide bonds. The molecule has 1 aromatic heterocycles. The van der Waals surface area contributed by atoms with Crippen molar-refractivity contribution in [2.75, 3.05) is 28.0 Å². The number of hydrogen-bond donors (Lipinski definition) is 1. The van der Waals surface area contributed by atoms with Crippen LogP contribution < -0.4 is 19.5 Å². The number of oxazole rings is 1. The smallest absolute Gasteiger partial charge is 0.242 e. The van der Waals surface area contributed by atoms with Crippen molar-refractivity contribution in [2.45, 2.75) is 12.6 Å². The van der Waals surface area contributed by atoms with Crippen molar-refractivity contribution >= 4 is 17.0 Å². The largest absolute Gasteiger partial charge is 0.497 e. The lowest BCUT2D eigenvalue weighted by molar-refractivity contribution is -0.126. The fourth-order valence-electron chi connectivity index (χ4n) is 3.18. The summed E-state index contributed by atoms with van der Waals surface area (Å²) in [5.41, 5.74) is 2.14. The summed E-state index contributed by atoms with van der Waals surface area (Å²) in [4.78, 5) is 19.1. The molecule has 28 heavy (non-hydrogen) atoms. The average molecular weight is 383 g/mol. The van der Waals surface area contributed by atoms with Gasteiger partial charge in [0, 0.05) is 6.07 Å². The van der Waals surface area contributed by atoms with Crippen LogP contribution in [0.3, 0.4) is 0 Å². The van der Waals surface area contributed by atoms with Crippen LogP contribution in [0.2, 0.25) is 0 Å². The second-order valence-corrected chi connectivity index (χ2v) is 6.64. The molecule has 146 valence electrons. The SMILES string of the molecule is COc1ccc2oc(CNC(=O)[C@H](c3ccc4c(c3)OCO4)N(C)C)nc2c1. The molecular formula is C20H21N3O5. The highest BCUT2D eigenvalue weighted by molar-refractivity contribution is 5.83. The second-order valence-electron chi connectivity index (χ2n) is 6.64. The van der Waals surface area contributed by atoms with Crippen molar-refractivity contribution in [2.24, 2.45) is 0 Å². The predicted molar refractivity (Wildman–Crippen MR) is 101 cm³/mol. The van der Waals surface area contributed by atoms with Crippen molar-refractivity contribution in [1.82, 2.24) is 15.2 Å². The Labute approximate surface area is 162 Å². The van der Waals surface area contributed by atoms with E-state index in [2.05, 4.69) is 10.3 Å². The first-order valence-corrected chi connectivity index (χ1v) is 8.82. The number of fused-ring (bicyclic) bond motifs is 2. The third kappa shape index (κ3) is 3.46. The van der Waals surface area contributed by atoms with E-state index in [0.29, 0.717) is 34.2 Å². The molecule has 1 atom stereocenters. The zero-order chi connectivity index (χ0) is 19.7. The molecule has 4 rings (SSSR count). The average Bonchev–Trinajstić information content (AvgIpc) is 3.31. The van der Waals surface area contributed by atoms with Crippen molar-refractivity contribution in [1.29, 1.82) is 0 Å². The molecule has 3 aromatic rings. The summed E-state index contributed by atoms with van der Waals surface area (Å²) in [6.07, 6.45) is 0. The third-order valence-electron chi connectivity index (χ3n) is 4.53. The molecule has 8 heteroatoms. The van der Waals surface area contributed by atoms with E-state index in [1.807, 2.05) is 37.2 Å². The Kier molecular flexibility index (Phi) is 4.79. The van der Waals surface area contributed by atoms with Crippen molar-refractivity contribution in [3.63, 3.8) is 0 Å². The highest BCUT2D eigenvalue weighted by Gasteiger charge is 2.25. The Hall–Kier alpha value is -3.26. The van der Waals surface area contributed by atoms with Gasteiger partial charge < -0.3 is 23.9 Å². The highest BCUT2D eigenvalue weighted by Crippen LogP contribution is 2.35. The Morgan fingerprint density at radius 3 is 2.82 bits per heavy atom. The molecule has 0 saturated heterocycles. The fourth-order valence-corrected chi connectivity index (χ4v) is 3.18. The van der Waals surface area contributed by atoms with Crippen LogP contribution in [-0.2, 0) is 11.3 Å². The van der Waals surface area contributed by atoms with Gasteiger partial charge in [-0.25, -0.2) is 4.98 Å². The Bertz CT molecular complexity index is 1010. The minimum atomic E-state index is -0.487. The van der Waals surface area contributed by atoms with E-state index in [-0.39, 0.29) is 19.2 Å². The summed E-state index contributed by atoms with van der Waals surface area (Å²) < 4.78 is 21.6. The Morgan fingerprint density at radius 1 is 1.21 bits per heavy atom. The lowest BCUT2D eigenvalue weighted by Gasteiger charge is -2.23. The minimum absolute atomic E-state index is 0.163. The quantitative estimate of drug-likeness (QED) is 0.700. The zero-order valence-corrected chi connectivity index (χ0v) is 15.9. The van der Waals surface area contributed by atoms with Crippen LogP contribution >= 0.6 is 0 Å². The van der Waals surface area contributed by atoms with Crippen LogP contribution in [0.1, 0.15) is 17.5 Å². The molecule has 0 bridgehead atoms. The zero-order valence-electron chi connectivity index (χ0n) is 15.9. The van der Waals surface area contributed by atoms with Crippen molar-refractivity contribution < 1.29 is 23.4 Å². The summed E-state index contributed by atoms with van der Waals surface area (Å²) in [6.45, 7) is 0.380. The molecule has 0 aliphatic carbocycles. The maximum absolute atomic E-state index is 12.9. The van der Waals surface area contributed by atoms with E-state index in [9.17, 15) is 4.79 Å². The number of nitrogens with one attached hydrogen (secondary N) is 1. The normalized spacial score (nSPS) is 13.7. The summed E-state index contributed by atoms with van der Waals surface area (Å²) in [7, 11) is 5.29. The number of nitrogens with zero attached hydrogens (tertiary/aromatic N) is 2. The highest BCUT2D eigenvalue weighted by atomic mass is 16.7. The summed E-state index contributed by atoms with van der Waals surface area (Å²) in [5.74, 6) is 2.30. The molecule has 2 aromatic carbocycles. The molecule has 8 nitrogen and oxygen atoms in total. The lowest BCUT2D eigenvalue weighted by Crippen LogP contribution is -2.36. The van der Waals surface area contributed by atoms with Gasteiger partial charge in [0.05, 0.1) is 13.7 Å². The van der Waals surface area contributed by atoms with Crippen molar-refractivity contribution in [3.05, 3.63) is 47.9 Å². The maximum atomic E-state index is 12.9. The fraction of sp³-hybridized carbons (Fsp3) is 0.300. The third-order valence-corrected chi connectivity index (χ3v) is 4.53. The van der Waals surface area contributed by atoms with E-state index >= 15 is 0 Å². The van der Waals surface area contributed by atoms with Crippen LogP contribution in [-0.4, -0.2) is 43.8 Å². The number of benzene rings is 2. The van der Waals surface area contributed by atoms with Gasteiger partial charge in [-0.2, -0.15) is 0 Å². The number of aromatic nitrogens is 1. The van der Waals surface area contributed by atoms with Gasteiger partial charge in [-0.15, -0.1) is 0 Å². The van der Waals surface area contributed by atoms with Gasteiger partial charge in [0.2, 0.25) is 18.6 Å². The van der Waals surface area contributed by atoms with Gasteiger partial charge in [-0.05, 0) is 43.9 Å². The number of amides is 1. The molecule has 0 fully saturated rings. The number of carbonyl (C=O) groups excluding carboxylic acids is 1. The van der Waals surface area contributed by atoms with E-state index in [0.717, 1.165) is 5.56 Å². The van der Waals surface area contributed by atoms with Crippen LogP contribution in [0, 0.1) is 0 Å². The van der Waals surface area contributed by atoms with Crippen LogP contribution in [0.15, 0.2) is 40.8 Å². The molecule has 1 N–H and O–H groups in total. The number of rotatable bonds is 6. The summed E-state index contributed by atoms with van der Waals surface area (Å²) in [5, 5.41) is 2.90. The summed E-state index contributed by atoms with van der Waals surface area (Å²) in [6, 6.07) is 10.4. The molecule has 0 radical (unpaired) electrons. The first kappa shape index (κ1) is 18.1.